The Bertz CT molecular complexity index is 874. The van der Waals surface area contributed by atoms with Crippen LogP contribution >= 0.6 is 23.4 Å². The molecule has 7 nitrogen and oxygen atoms in total. The molecule has 0 aliphatic heterocycles. The molecule has 2 aromatic rings. The van der Waals surface area contributed by atoms with E-state index in [0.29, 0.717) is 11.4 Å². The maximum atomic E-state index is 12.9. The number of aliphatic imine (C=N–C) groups is 1. The van der Waals surface area contributed by atoms with Crippen LogP contribution in [-0.2, 0) is 0 Å². The Morgan fingerprint density at radius 1 is 1.19 bits per heavy atom. The molecule has 0 amide bonds. The van der Waals surface area contributed by atoms with Crippen molar-refractivity contribution < 1.29 is 19.2 Å². The molecular formula is C18H17ClN2O5S. The van der Waals surface area contributed by atoms with Gasteiger partial charge in [-0.05, 0) is 24.5 Å². The molecule has 0 N–H and O–H groups in total. The van der Waals surface area contributed by atoms with E-state index in [1.807, 2.05) is 0 Å². The number of carbonyl (C=O) groups excluding carboxylic acids is 1. The van der Waals surface area contributed by atoms with Gasteiger partial charge in [0.1, 0.15) is 0 Å². The monoisotopic (exact) mass is 408 g/mol. The van der Waals surface area contributed by atoms with Crippen molar-refractivity contribution in [2.75, 3.05) is 20.5 Å². The van der Waals surface area contributed by atoms with Crippen molar-refractivity contribution in [3.8, 4) is 11.5 Å². The minimum Gasteiger partial charge on any atom is -0.493 e. The van der Waals surface area contributed by atoms with Crippen LogP contribution in [0.1, 0.15) is 10.4 Å². The van der Waals surface area contributed by atoms with Crippen molar-refractivity contribution in [1.82, 2.24) is 0 Å². The van der Waals surface area contributed by atoms with Gasteiger partial charge in [-0.2, -0.15) is 0 Å². The van der Waals surface area contributed by atoms with Crippen LogP contribution in [-0.4, -0.2) is 42.3 Å². The number of para-hydroxylation sites is 1. The lowest BCUT2D eigenvalue weighted by Crippen LogP contribution is -2.36. The molecule has 9 heteroatoms. The van der Waals surface area contributed by atoms with Gasteiger partial charge >= 0.3 is 6.04 Å². The molecule has 0 heterocycles. The third-order valence-corrected chi connectivity index (χ3v) is 4.68. The topological polar surface area (TPSA) is 91.0 Å². The molecule has 0 saturated heterocycles. The van der Waals surface area contributed by atoms with E-state index >= 15 is 0 Å². The molecule has 27 heavy (non-hydrogen) atoms. The summed E-state index contributed by atoms with van der Waals surface area (Å²) in [6.45, 7) is 0. The lowest BCUT2D eigenvalue weighted by atomic mass is 10.0. The van der Waals surface area contributed by atoms with Crippen LogP contribution in [0.5, 0.6) is 11.5 Å². The SMILES string of the molecule is COc1cc(Cl)c(C(=O)C(C(=Nc2ccccc2)SC)[N+](=O)[O-])cc1OC. The molecular weight excluding hydrogens is 392 g/mol. The summed E-state index contributed by atoms with van der Waals surface area (Å²) in [5, 5.41) is 11.8. The lowest BCUT2D eigenvalue weighted by Gasteiger charge is -2.14. The Balaban J connectivity index is 2.52. The standard InChI is InChI=1S/C18H17ClN2O5S/c1-25-14-9-12(13(19)10-15(14)26-2)17(22)16(21(23)24)18(27-3)20-11-7-5-4-6-8-11/h4-10,16H,1-3H3. The summed E-state index contributed by atoms with van der Waals surface area (Å²) in [5.74, 6) is -0.215. The number of carbonyl (C=O) groups is 1. The van der Waals surface area contributed by atoms with E-state index in [1.165, 1.54) is 26.4 Å². The predicted octanol–water partition coefficient (Wildman–Crippen LogP) is 4.28. The first kappa shape index (κ1) is 20.7. The second-order valence-electron chi connectivity index (χ2n) is 5.23. The van der Waals surface area contributed by atoms with Crippen LogP contribution in [0.3, 0.4) is 0 Å². The fraction of sp³-hybridized carbons (Fsp3) is 0.222. The highest BCUT2D eigenvalue weighted by Gasteiger charge is 2.38. The second-order valence-corrected chi connectivity index (χ2v) is 6.46. The summed E-state index contributed by atoms with van der Waals surface area (Å²) in [6.07, 6.45) is 1.63. The molecule has 0 spiro atoms. The zero-order valence-electron chi connectivity index (χ0n) is 14.8. The molecule has 0 aromatic heterocycles. The van der Waals surface area contributed by atoms with Crippen LogP contribution in [0, 0.1) is 10.1 Å². The van der Waals surface area contributed by atoms with Crippen LogP contribution in [0.15, 0.2) is 47.5 Å². The van der Waals surface area contributed by atoms with Gasteiger partial charge in [-0.3, -0.25) is 14.9 Å². The fourth-order valence-electron chi connectivity index (χ4n) is 2.34. The van der Waals surface area contributed by atoms with Crippen molar-refractivity contribution >= 4 is 39.9 Å². The summed E-state index contributed by atoms with van der Waals surface area (Å²) in [7, 11) is 2.82. The van der Waals surface area contributed by atoms with Gasteiger partial charge in [0, 0.05) is 16.6 Å². The molecule has 0 saturated carbocycles. The first-order chi connectivity index (χ1) is 12.9. The summed E-state index contributed by atoms with van der Waals surface area (Å²) in [5.41, 5.74) is 0.478. The van der Waals surface area contributed by atoms with Crippen LogP contribution < -0.4 is 9.47 Å². The Labute approximate surface area is 165 Å². The quantitative estimate of drug-likeness (QED) is 0.223. The lowest BCUT2D eigenvalue weighted by molar-refractivity contribution is -0.485. The number of Topliss-reactive ketones (excluding diaryl/α,β-unsaturated/α-hetero) is 1. The number of methoxy groups -OCH3 is 2. The van der Waals surface area contributed by atoms with Gasteiger partial charge in [0.25, 0.3) is 0 Å². The summed E-state index contributed by atoms with van der Waals surface area (Å²) in [6, 6.07) is 9.74. The predicted molar refractivity (Wildman–Crippen MR) is 107 cm³/mol. The highest BCUT2D eigenvalue weighted by molar-refractivity contribution is 8.13. The minimum atomic E-state index is -1.68. The highest BCUT2D eigenvalue weighted by Crippen LogP contribution is 2.34. The van der Waals surface area contributed by atoms with Gasteiger partial charge in [0.05, 0.1) is 24.9 Å². The molecule has 0 fully saturated rings. The molecule has 2 rings (SSSR count). The maximum Gasteiger partial charge on any atom is 0.322 e. The number of benzene rings is 2. The smallest absolute Gasteiger partial charge is 0.322 e. The highest BCUT2D eigenvalue weighted by atomic mass is 35.5. The molecule has 0 aliphatic carbocycles. The largest absolute Gasteiger partial charge is 0.493 e. The molecule has 1 atom stereocenters. The fourth-order valence-corrected chi connectivity index (χ4v) is 3.20. The van der Waals surface area contributed by atoms with Gasteiger partial charge in [-0.15, -0.1) is 11.8 Å². The molecule has 1 unspecified atom stereocenters. The Morgan fingerprint density at radius 3 is 2.30 bits per heavy atom. The number of nitrogens with zero attached hydrogens (tertiary/aromatic N) is 2. The molecule has 2 aromatic carbocycles. The summed E-state index contributed by atoms with van der Waals surface area (Å²) >= 11 is 7.20. The number of hydrogen-bond acceptors (Lipinski definition) is 7. The van der Waals surface area contributed by atoms with Gasteiger partial charge in [0.15, 0.2) is 16.5 Å². The number of halogens is 1. The van der Waals surface area contributed by atoms with Crippen LogP contribution in [0.2, 0.25) is 5.02 Å². The number of ketones is 1. The number of thioether (sulfide) groups is 1. The summed E-state index contributed by atoms with van der Waals surface area (Å²) < 4.78 is 10.3. The average molecular weight is 409 g/mol. The normalized spacial score (nSPS) is 12.4. The van der Waals surface area contributed by atoms with Crippen molar-refractivity contribution in [2.24, 2.45) is 4.99 Å². The van der Waals surface area contributed by atoms with E-state index in [1.54, 1.807) is 36.6 Å². The first-order valence-electron chi connectivity index (χ1n) is 7.69. The van der Waals surface area contributed by atoms with E-state index in [4.69, 9.17) is 21.1 Å². The Hall–Kier alpha value is -2.58. The number of hydrogen-bond donors (Lipinski definition) is 0. The van der Waals surface area contributed by atoms with Crippen LogP contribution in [0.4, 0.5) is 5.69 Å². The van der Waals surface area contributed by atoms with Crippen molar-refractivity contribution in [1.29, 1.82) is 0 Å². The van der Waals surface area contributed by atoms with E-state index in [-0.39, 0.29) is 21.4 Å². The zero-order valence-corrected chi connectivity index (χ0v) is 16.4. The van der Waals surface area contributed by atoms with E-state index in [9.17, 15) is 14.9 Å². The van der Waals surface area contributed by atoms with Gasteiger partial charge in [-0.1, -0.05) is 29.8 Å². The molecule has 0 radical (unpaired) electrons. The second kappa shape index (κ2) is 9.38. The Morgan fingerprint density at radius 2 is 1.78 bits per heavy atom. The first-order valence-corrected chi connectivity index (χ1v) is 9.30. The number of nitro groups is 1. The van der Waals surface area contributed by atoms with Crippen molar-refractivity contribution in [3.63, 3.8) is 0 Å². The van der Waals surface area contributed by atoms with Gasteiger partial charge in [-0.25, -0.2) is 4.99 Å². The number of ether oxygens (including phenoxy) is 2. The Kier molecular flexibility index (Phi) is 7.20. The van der Waals surface area contributed by atoms with E-state index in [2.05, 4.69) is 4.99 Å². The third kappa shape index (κ3) is 4.78. The van der Waals surface area contributed by atoms with Gasteiger partial charge < -0.3 is 9.47 Å². The third-order valence-electron chi connectivity index (χ3n) is 3.64. The van der Waals surface area contributed by atoms with Gasteiger partial charge in [0.2, 0.25) is 5.78 Å². The minimum absolute atomic E-state index is 0.0321. The van der Waals surface area contributed by atoms with E-state index in [0.717, 1.165) is 11.8 Å². The molecule has 0 bridgehead atoms. The van der Waals surface area contributed by atoms with Crippen LogP contribution in [0.25, 0.3) is 0 Å². The molecule has 142 valence electrons. The molecule has 0 aliphatic rings. The average Bonchev–Trinajstić information content (AvgIpc) is 2.67. The zero-order chi connectivity index (χ0) is 20.0. The van der Waals surface area contributed by atoms with Crippen molar-refractivity contribution in [3.05, 3.63) is 63.2 Å². The van der Waals surface area contributed by atoms with E-state index < -0.39 is 16.7 Å². The summed E-state index contributed by atoms with van der Waals surface area (Å²) in [4.78, 5) is 28.2. The maximum absolute atomic E-state index is 12.9. The van der Waals surface area contributed by atoms with Crippen molar-refractivity contribution in [2.45, 2.75) is 6.04 Å². The number of rotatable bonds is 7.